The molecule has 22 heavy (non-hydrogen) atoms. The highest BCUT2D eigenvalue weighted by Crippen LogP contribution is 2.14. The largest absolute Gasteiger partial charge is 0.320 e. The van der Waals surface area contributed by atoms with Crippen LogP contribution in [0.2, 0.25) is 0 Å². The lowest BCUT2D eigenvalue weighted by molar-refractivity contribution is -0.118. The first-order chi connectivity index (χ1) is 10.3. The molecule has 0 radical (unpaired) electrons. The van der Waals surface area contributed by atoms with Crippen molar-refractivity contribution in [3.05, 3.63) is 46.4 Å². The van der Waals surface area contributed by atoms with Crippen LogP contribution in [0, 0.1) is 12.8 Å². The van der Waals surface area contributed by atoms with E-state index in [-0.39, 0.29) is 23.1 Å². The molecule has 0 bridgehead atoms. The minimum Gasteiger partial charge on any atom is -0.320 e. The molecule has 0 saturated carbocycles. The van der Waals surface area contributed by atoms with E-state index in [4.69, 9.17) is 5.73 Å². The maximum absolute atomic E-state index is 12.6. The number of nitrogens with one attached hydrogen (secondary N) is 1. The summed E-state index contributed by atoms with van der Waals surface area (Å²) in [5.74, 6) is -0.346. The predicted molar refractivity (Wildman–Crippen MR) is 87.2 cm³/mol. The van der Waals surface area contributed by atoms with Gasteiger partial charge in [0.05, 0.1) is 17.4 Å². The Morgan fingerprint density at radius 2 is 1.82 bits per heavy atom. The number of nitrogens with zero attached hydrogens (tertiary/aromatic N) is 2. The van der Waals surface area contributed by atoms with E-state index >= 15 is 0 Å². The standard InChI is InChI=1S/C16H22N4O2/c1-10(2)13(17)15(21)18-14-11(3)19(4)20(16(14)22)12-8-6-5-7-9-12/h5-10,13H,17H2,1-4H3,(H,18,21)/t13-/m1/s1. The van der Waals surface area contributed by atoms with Crippen molar-refractivity contribution in [1.82, 2.24) is 9.36 Å². The van der Waals surface area contributed by atoms with E-state index in [1.807, 2.05) is 44.2 Å². The Balaban J connectivity index is 2.44. The Hall–Kier alpha value is -2.34. The van der Waals surface area contributed by atoms with Crippen molar-refractivity contribution in [3.8, 4) is 5.69 Å². The molecule has 0 spiro atoms. The van der Waals surface area contributed by atoms with Crippen LogP contribution in [-0.4, -0.2) is 21.3 Å². The molecule has 0 aliphatic carbocycles. The fraction of sp³-hybridized carbons (Fsp3) is 0.375. The SMILES string of the molecule is Cc1c(NC(=O)[C@H](N)C(C)C)c(=O)n(-c2ccccc2)n1C. The first-order valence-electron chi connectivity index (χ1n) is 7.25. The summed E-state index contributed by atoms with van der Waals surface area (Å²) >= 11 is 0. The Bertz CT molecular complexity index is 729. The molecule has 2 aromatic rings. The van der Waals surface area contributed by atoms with Crippen molar-refractivity contribution in [3.63, 3.8) is 0 Å². The number of aromatic nitrogens is 2. The molecular formula is C16H22N4O2. The van der Waals surface area contributed by atoms with Crippen LogP contribution >= 0.6 is 0 Å². The normalized spacial score (nSPS) is 12.5. The van der Waals surface area contributed by atoms with E-state index in [9.17, 15) is 9.59 Å². The van der Waals surface area contributed by atoms with Gasteiger partial charge in [0.15, 0.2) is 0 Å². The van der Waals surface area contributed by atoms with Gasteiger partial charge in [-0.2, -0.15) is 0 Å². The highest BCUT2D eigenvalue weighted by molar-refractivity contribution is 5.95. The van der Waals surface area contributed by atoms with Crippen LogP contribution in [0.5, 0.6) is 0 Å². The second-order valence-electron chi connectivity index (χ2n) is 5.70. The van der Waals surface area contributed by atoms with Gasteiger partial charge < -0.3 is 11.1 Å². The van der Waals surface area contributed by atoms with E-state index in [1.54, 1.807) is 18.7 Å². The maximum Gasteiger partial charge on any atom is 0.295 e. The molecule has 0 aliphatic heterocycles. The van der Waals surface area contributed by atoms with Gasteiger partial charge in [0, 0.05) is 7.05 Å². The number of benzene rings is 1. The van der Waals surface area contributed by atoms with Gasteiger partial charge in [0.25, 0.3) is 5.56 Å². The van der Waals surface area contributed by atoms with Crippen molar-refractivity contribution in [2.45, 2.75) is 26.8 Å². The lowest BCUT2D eigenvalue weighted by Crippen LogP contribution is -2.40. The quantitative estimate of drug-likeness (QED) is 0.896. The van der Waals surface area contributed by atoms with Gasteiger partial charge in [-0.25, -0.2) is 4.68 Å². The fourth-order valence-electron chi connectivity index (χ4n) is 2.22. The molecule has 118 valence electrons. The van der Waals surface area contributed by atoms with Gasteiger partial charge in [-0.3, -0.25) is 14.3 Å². The van der Waals surface area contributed by atoms with Crippen molar-refractivity contribution >= 4 is 11.6 Å². The maximum atomic E-state index is 12.6. The molecule has 3 N–H and O–H groups in total. The highest BCUT2D eigenvalue weighted by atomic mass is 16.2. The number of amides is 1. The van der Waals surface area contributed by atoms with Crippen molar-refractivity contribution in [2.75, 3.05) is 5.32 Å². The third kappa shape index (κ3) is 2.82. The van der Waals surface area contributed by atoms with Crippen molar-refractivity contribution in [1.29, 1.82) is 0 Å². The zero-order chi connectivity index (χ0) is 16.4. The summed E-state index contributed by atoms with van der Waals surface area (Å²) in [7, 11) is 1.78. The molecule has 1 aromatic carbocycles. The summed E-state index contributed by atoms with van der Waals surface area (Å²) in [5, 5.41) is 2.67. The second-order valence-corrected chi connectivity index (χ2v) is 5.70. The first kappa shape index (κ1) is 16.0. The van der Waals surface area contributed by atoms with Crippen LogP contribution in [0.3, 0.4) is 0 Å². The molecule has 1 amide bonds. The summed E-state index contributed by atoms with van der Waals surface area (Å²) in [4.78, 5) is 24.7. The van der Waals surface area contributed by atoms with Crippen molar-refractivity contribution < 1.29 is 4.79 Å². The lowest BCUT2D eigenvalue weighted by atomic mass is 10.1. The van der Waals surface area contributed by atoms with Crippen LogP contribution in [0.25, 0.3) is 5.69 Å². The fourth-order valence-corrected chi connectivity index (χ4v) is 2.22. The van der Waals surface area contributed by atoms with Gasteiger partial charge in [-0.05, 0) is 25.0 Å². The van der Waals surface area contributed by atoms with Gasteiger partial charge in [0.1, 0.15) is 5.69 Å². The summed E-state index contributed by atoms with van der Waals surface area (Å²) in [6.45, 7) is 5.52. The van der Waals surface area contributed by atoms with Crippen LogP contribution in [0.1, 0.15) is 19.5 Å². The van der Waals surface area contributed by atoms with E-state index in [0.717, 1.165) is 5.69 Å². The summed E-state index contributed by atoms with van der Waals surface area (Å²) in [6.07, 6.45) is 0. The molecule has 0 fully saturated rings. The number of hydrogen-bond donors (Lipinski definition) is 2. The number of para-hydroxylation sites is 1. The molecule has 1 atom stereocenters. The zero-order valence-corrected chi connectivity index (χ0v) is 13.3. The van der Waals surface area contributed by atoms with E-state index in [1.165, 1.54) is 4.68 Å². The number of nitrogens with two attached hydrogens (primary N) is 1. The van der Waals surface area contributed by atoms with Gasteiger partial charge in [0.2, 0.25) is 5.91 Å². The number of rotatable bonds is 4. The molecular weight excluding hydrogens is 280 g/mol. The number of carbonyl (C=O) groups excluding carboxylic acids is 1. The van der Waals surface area contributed by atoms with Crippen LogP contribution < -0.4 is 16.6 Å². The number of hydrogen-bond acceptors (Lipinski definition) is 3. The molecule has 1 heterocycles. The topological polar surface area (TPSA) is 82.1 Å². The number of anilines is 1. The zero-order valence-electron chi connectivity index (χ0n) is 13.3. The Morgan fingerprint density at radius 1 is 1.23 bits per heavy atom. The minimum atomic E-state index is -0.649. The lowest BCUT2D eigenvalue weighted by Gasteiger charge is -2.14. The smallest absolute Gasteiger partial charge is 0.295 e. The average Bonchev–Trinajstić information content (AvgIpc) is 2.71. The highest BCUT2D eigenvalue weighted by Gasteiger charge is 2.22. The first-order valence-corrected chi connectivity index (χ1v) is 7.25. The van der Waals surface area contributed by atoms with Crippen molar-refractivity contribution in [2.24, 2.45) is 18.7 Å². The molecule has 2 rings (SSSR count). The molecule has 0 saturated heterocycles. The molecule has 1 aromatic heterocycles. The van der Waals surface area contributed by atoms with Gasteiger partial charge in [-0.15, -0.1) is 0 Å². The van der Waals surface area contributed by atoms with Crippen LogP contribution in [0.4, 0.5) is 5.69 Å². The Kier molecular flexibility index (Phi) is 4.51. The van der Waals surface area contributed by atoms with E-state index in [2.05, 4.69) is 5.32 Å². The van der Waals surface area contributed by atoms with E-state index in [0.29, 0.717) is 5.69 Å². The summed E-state index contributed by atoms with van der Waals surface area (Å²) in [5.41, 5.74) is 7.26. The summed E-state index contributed by atoms with van der Waals surface area (Å²) in [6, 6.07) is 8.63. The minimum absolute atomic E-state index is 0.000340. The molecule has 6 nitrogen and oxygen atoms in total. The monoisotopic (exact) mass is 302 g/mol. The summed E-state index contributed by atoms with van der Waals surface area (Å²) < 4.78 is 3.24. The van der Waals surface area contributed by atoms with Crippen LogP contribution in [-0.2, 0) is 11.8 Å². The van der Waals surface area contributed by atoms with Gasteiger partial charge in [-0.1, -0.05) is 32.0 Å². The third-order valence-electron chi connectivity index (χ3n) is 3.82. The predicted octanol–water partition coefficient (Wildman–Crippen LogP) is 1.41. The third-order valence-corrected chi connectivity index (χ3v) is 3.82. The van der Waals surface area contributed by atoms with E-state index < -0.39 is 6.04 Å². The number of carbonyl (C=O) groups is 1. The second kappa shape index (κ2) is 6.19. The molecule has 6 heteroatoms. The van der Waals surface area contributed by atoms with Crippen LogP contribution in [0.15, 0.2) is 35.1 Å². The Labute approximate surface area is 129 Å². The van der Waals surface area contributed by atoms with Gasteiger partial charge >= 0.3 is 0 Å². The molecule has 0 aliphatic rings. The Morgan fingerprint density at radius 3 is 2.36 bits per heavy atom. The average molecular weight is 302 g/mol. The molecule has 0 unspecified atom stereocenters.